The third-order valence-corrected chi connectivity index (χ3v) is 8.20. The van der Waals surface area contributed by atoms with Gasteiger partial charge in [-0.05, 0) is 50.9 Å². The molecule has 3 aromatic rings. The summed E-state index contributed by atoms with van der Waals surface area (Å²) < 4.78 is 49.0. The van der Waals surface area contributed by atoms with Crippen molar-refractivity contribution in [1.29, 1.82) is 0 Å². The molecule has 10 nitrogen and oxygen atoms in total. The summed E-state index contributed by atoms with van der Waals surface area (Å²) in [6.07, 6.45) is 2.24. The number of aromatic nitrogens is 6. The van der Waals surface area contributed by atoms with Crippen LogP contribution in [0.5, 0.6) is 0 Å². The smallest absolute Gasteiger partial charge is 0.356 e. The summed E-state index contributed by atoms with van der Waals surface area (Å²) in [6.45, 7) is 4.92. The fraction of sp³-hybridized carbons (Fsp3) is 0.640. The highest BCUT2D eigenvalue weighted by Crippen LogP contribution is 2.42. The average Bonchev–Trinajstić information content (AvgIpc) is 3.51. The van der Waals surface area contributed by atoms with Crippen LogP contribution in [0.15, 0.2) is 17.1 Å². The fourth-order valence-corrected chi connectivity index (χ4v) is 6.03. The van der Waals surface area contributed by atoms with Gasteiger partial charge in [-0.2, -0.15) is 23.3 Å². The molecule has 3 fully saturated rings. The van der Waals surface area contributed by atoms with E-state index in [2.05, 4.69) is 20.0 Å². The highest BCUT2D eigenvalue weighted by molar-refractivity contribution is 5.75. The fourth-order valence-electron chi connectivity index (χ4n) is 6.03. The lowest BCUT2D eigenvalue weighted by molar-refractivity contribution is -0.145. The van der Waals surface area contributed by atoms with Gasteiger partial charge in [0.2, 0.25) is 11.8 Å². The van der Waals surface area contributed by atoms with E-state index in [0.29, 0.717) is 61.3 Å². The molecule has 1 atom stereocenters. The second-order valence-corrected chi connectivity index (χ2v) is 10.8. The summed E-state index contributed by atoms with van der Waals surface area (Å²) in [4.78, 5) is 29.5. The summed E-state index contributed by atoms with van der Waals surface area (Å²) in [7, 11) is 1.73. The van der Waals surface area contributed by atoms with Crippen LogP contribution in [0.1, 0.15) is 56.3 Å². The Morgan fingerprint density at radius 3 is 2.47 bits per heavy atom. The Balaban J connectivity index is 1.21. The van der Waals surface area contributed by atoms with Gasteiger partial charge in [-0.3, -0.25) is 9.36 Å². The molecule has 204 valence electrons. The Labute approximate surface area is 217 Å². The van der Waals surface area contributed by atoms with Crippen molar-refractivity contribution in [3.05, 3.63) is 34.1 Å². The standard InChI is InChI=1S/C25H31F3N8O2/c1-16-13-18(31-22(30-16)25(26,27)28)35-11-8-24(15-35)6-9-34(10-7-24)23-32-20-17(21(37)33(23)2)14-29-36(20)19-5-3-4-12-38-19/h13-14,19H,3-12,15H2,1-2H3. The normalized spacial score (nSPS) is 22.1. The lowest BCUT2D eigenvalue weighted by Gasteiger charge is -2.40. The van der Waals surface area contributed by atoms with Crippen molar-refractivity contribution in [3.8, 4) is 0 Å². The minimum Gasteiger partial charge on any atom is -0.356 e. The first-order valence-electron chi connectivity index (χ1n) is 13.1. The van der Waals surface area contributed by atoms with E-state index < -0.39 is 12.0 Å². The van der Waals surface area contributed by atoms with Crippen molar-refractivity contribution in [2.45, 2.75) is 57.9 Å². The van der Waals surface area contributed by atoms with Crippen LogP contribution in [0.4, 0.5) is 24.9 Å². The monoisotopic (exact) mass is 532 g/mol. The van der Waals surface area contributed by atoms with Gasteiger partial charge in [0.15, 0.2) is 11.9 Å². The highest BCUT2D eigenvalue weighted by atomic mass is 19.4. The summed E-state index contributed by atoms with van der Waals surface area (Å²) >= 11 is 0. The van der Waals surface area contributed by atoms with Gasteiger partial charge >= 0.3 is 6.18 Å². The molecule has 3 aromatic heterocycles. The van der Waals surface area contributed by atoms with Crippen molar-refractivity contribution in [2.75, 3.05) is 42.6 Å². The van der Waals surface area contributed by atoms with Gasteiger partial charge in [0.25, 0.3) is 5.56 Å². The molecule has 13 heteroatoms. The molecule has 38 heavy (non-hydrogen) atoms. The number of alkyl halides is 3. The average molecular weight is 533 g/mol. The van der Waals surface area contributed by atoms with Crippen LogP contribution < -0.4 is 15.4 Å². The minimum atomic E-state index is -4.58. The van der Waals surface area contributed by atoms with Crippen LogP contribution in [0.25, 0.3) is 11.0 Å². The molecule has 0 bridgehead atoms. The number of ether oxygens (including phenoxy) is 1. The Kier molecular flexibility index (Phi) is 6.08. The van der Waals surface area contributed by atoms with Gasteiger partial charge in [-0.25, -0.2) is 14.6 Å². The van der Waals surface area contributed by atoms with Gasteiger partial charge in [-0.1, -0.05) is 0 Å². The minimum absolute atomic E-state index is 0.0194. The first kappa shape index (κ1) is 25.1. The maximum Gasteiger partial charge on any atom is 0.451 e. The molecule has 1 spiro atoms. The number of hydrogen-bond acceptors (Lipinski definition) is 8. The topological polar surface area (TPSA) is 94.2 Å². The second kappa shape index (κ2) is 9.21. The number of fused-ring (bicyclic) bond motifs is 1. The van der Waals surface area contributed by atoms with Crippen LogP contribution in [-0.4, -0.2) is 62.1 Å². The molecule has 6 rings (SSSR count). The summed E-state index contributed by atoms with van der Waals surface area (Å²) in [5.74, 6) is -0.161. The molecule has 0 N–H and O–H groups in total. The third kappa shape index (κ3) is 4.40. The summed E-state index contributed by atoms with van der Waals surface area (Å²) in [5, 5.41) is 4.92. The Morgan fingerprint density at radius 1 is 1.05 bits per heavy atom. The van der Waals surface area contributed by atoms with Crippen LogP contribution in [0, 0.1) is 12.3 Å². The van der Waals surface area contributed by atoms with Crippen LogP contribution in [-0.2, 0) is 18.0 Å². The number of rotatable bonds is 3. The summed E-state index contributed by atoms with van der Waals surface area (Å²) in [5.41, 5.74) is 0.688. The quantitative estimate of drug-likeness (QED) is 0.507. The Hall–Kier alpha value is -3.22. The molecule has 0 aliphatic carbocycles. The number of anilines is 2. The SMILES string of the molecule is Cc1cc(N2CCC3(CCN(c4nc5c(cnn5C5CCCCO5)c(=O)n4C)CC3)C2)nc(C(F)(F)F)n1. The highest BCUT2D eigenvalue weighted by Gasteiger charge is 2.43. The Bertz CT molecular complexity index is 1400. The van der Waals surface area contributed by atoms with Gasteiger partial charge < -0.3 is 14.5 Å². The first-order chi connectivity index (χ1) is 18.1. The maximum atomic E-state index is 13.3. The molecular formula is C25H31F3N8O2. The molecule has 0 radical (unpaired) electrons. The van der Waals surface area contributed by atoms with Gasteiger partial charge in [0.05, 0.1) is 6.20 Å². The molecule has 3 aliphatic heterocycles. The molecule has 0 saturated carbocycles. The van der Waals surface area contributed by atoms with Gasteiger partial charge in [-0.15, -0.1) is 0 Å². The first-order valence-corrected chi connectivity index (χ1v) is 13.1. The van der Waals surface area contributed by atoms with Crippen LogP contribution in [0.2, 0.25) is 0 Å². The van der Waals surface area contributed by atoms with E-state index in [-0.39, 0.29) is 17.2 Å². The van der Waals surface area contributed by atoms with Crippen molar-refractivity contribution < 1.29 is 17.9 Å². The van der Waals surface area contributed by atoms with Gasteiger partial charge in [0, 0.05) is 51.6 Å². The van der Waals surface area contributed by atoms with Crippen molar-refractivity contribution in [2.24, 2.45) is 12.5 Å². The van der Waals surface area contributed by atoms with Crippen LogP contribution in [0.3, 0.4) is 0 Å². The van der Waals surface area contributed by atoms with E-state index in [4.69, 9.17) is 9.72 Å². The number of hydrogen-bond donors (Lipinski definition) is 0. The van der Waals surface area contributed by atoms with Gasteiger partial charge in [0.1, 0.15) is 11.2 Å². The van der Waals surface area contributed by atoms with Crippen molar-refractivity contribution in [1.82, 2.24) is 29.3 Å². The molecule has 6 heterocycles. The molecule has 0 aromatic carbocycles. The van der Waals surface area contributed by atoms with Crippen LogP contribution >= 0.6 is 0 Å². The molecular weight excluding hydrogens is 501 g/mol. The zero-order valence-electron chi connectivity index (χ0n) is 21.5. The van der Waals surface area contributed by atoms with Crippen molar-refractivity contribution in [3.63, 3.8) is 0 Å². The van der Waals surface area contributed by atoms with E-state index >= 15 is 0 Å². The van der Waals surface area contributed by atoms with Crippen molar-refractivity contribution >= 4 is 22.8 Å². The predicted octanol–water partition coefficient (Wildman–Crippen LogP) is 3.44. The van der Waals surface area contributed by atoms with E-state index in [9.17, 15) is 18.0 Å². The molecule has 3 aliphatic rings. The largest absolute Gasteiger partial charge is 0.451 e. The lowest BCUT2D eigenvalue weighted by atomic mass is 9.78. The zero-order valence-corrected chi connectivity index (χ0v) is 21.5. The number of halogens is 3. The number of aryl methyl sites for hydroxylation is 1. The zero-order chi connectivity index (χ0) is 26.7. The van der Waals surface area contributed by atoms with E-state index in [1.54, 1.807) is 35.5 Å². The maximum absolute atomic E-state index is 13.3. The van der Waals surface area contributed by atoms with E-state index in [0.717, 1.165) is 38.5 Å². The number of nitrogens with zero attached hydrogens (tertiary/aromatic N) is 8. The second-order valence-electron chi connectivity index (χ2n) is 10.8. The molecule has 1 unspecified atom stereocenters. The molecule has 3 saturated heterocycles. The number of piperidine rings is 1. The van der Waals surface area contributed by atoms with E-state index in [1.807, 2.05) is 4.90 Å². The summed E-state index contributed by atoms with van der Waals surface area (Å²) in [6, 6.07) is 1.62. The Morgan fingerprint density at radius 2 is 1.79 bits per heavy atom. The van der Waals surface area contributed by atoms with E-state index in [1.165, 1.54) is 0 Å². The predicted molar refractivity (Wildman–Crippen MR) is 134 cm³/mol. The third-order valence-electron chi connectivity index (χ3n) is 8.20. The molecule has 0 amide bonds. The lowest BCUT2D eigenvalue weighted by Crippen LogP contribution is -2.44.